The van der Waals surface area contributed by atoms with E-state index in [1.807, 2.05) is 35.0 Å². The van der Waals surface area contributed by atoms with E-state index in [0.29, 0.717) is 24.5 Å². The number of hydrogen-bond acceptors (Lipinski definition) is 4. The van der Waals surface area contributed by atoms with Crippen LogP contribution in [0.3, 0.4) is 0 Å². The van der Waals surface area contributed by atoms with Gasteiger partial charge in [-0.2, -0.15) is 13.2 Å². The van der Waals surface area contributed by atoms with E-state index in [2.05, 4.69) is 0 Å². The average molecular weight is 415 g/mol. The van der Waals surface area contributed by atoms with Gasteiger partial charge in [-0.05, 0) is 29.1 Å². The van der Waals surface area contributed by atoms with Crippen molar-refractivity contribution in [3.63, 3.8) is 0 Å². The molecule has 1 amide bonds. The molecule has 2 aromatic rings. The molecule has 0 fully saturated rings. The molecule has 2 heterocycles. The number of nitrogens with one attached hydrogen (secondary N) is 2. The lowest BCUT2D eigenvalue weighted by molar-refractivity contribution is -0.919. The molecule has 1 aliphatic rings. The van der Waals surface area contributed by atoms with Gasteiger partial charge in [0.25, 0.3) is 5.91 Å². The number of halogens is 3. The topological polar surface area (TPSA) is 52.0 Å². The molecule has 1 aromatic heterocycles. The molecule has 1 unspecified atom stereocenters. The van der Waals surface area contributed by atoms with Crippen LogP contribution in [-0.4, -0.2) is 45.9 Å². The molecule has 5 nitrogen and oxygen atoms in total. The molecule has 3 rings (SSSR count). The number of rotatable bonds is 6. The number of thiophene rings is 1. The molecule has 9 heteroatoms. The van der Waals surface area contributed by atoms with Gasteiger partial charge >= 0.3 is 6.18 Å². The fraction of sp³-hybridized carbons (Fsp3) is 0.421. The summed E-state index contributed by atoms with van der Waals surface area (Å²) in [6.45, 7) is -0.721. The first-order valence-corrected chi connectivity index (χ1v) is 9.66. The number of benzene rings is 1. The Labute approximate surface area is 165 Å². The number of amides is 1. The predicted octanol–water partition coefficient (Wildman–Crippen LogP) is 1.97. The van der Waals surface area contributed by atoms with Gasteiger partial charge in [-0.1, -0.05) is 6.07 Å². The second kappa shape index (κ2) is 8.40. The molecule has 0 aliphatic carbocycles. The van der Waals surface area contributed by atoms with Gasteiger partial charge in [0, 0.05) is 12.0 Å². The molecular formula is C19H22F3N2O3S+. The van der Waals surface area contributed by atoms with E-state index in [4.69, 9.17) is 9.47 Å². The Balaban J connectivity index is 1.90. The first-order chi connectivity index (χ1) is 13.3. The van der Waals surface area contributed by atoms with E-state index in [0.717, 1.165) is 20.9 Å². The summed E-state index contributed by atoms with van der Waals surface area (Å²) >= 11 is 1.56. The van der Waals surface area contributed by atoms with Gasteiger partial charge in [0.2, 0.25) is 0 Å². The van der Waals surface area contributed by atoms with Crippen molar-refractivity contribution in [2.75, 3.05) is 33.9 Å². The summed E-state index contributed by atoms with van der Waals surface area (Å²) in [5, 5.41) is 3.92. The molecule has 0 saturated heterocycles. The number of fused-ring (bicyclic) bond motifs is 1. The first kappa shape index (κ1) is 20.5. The second-order valence-electron chi connectivity index (χ2n) is 6.58. The average Bonchev–Trinajstić information content (AvgIpc) is 3.18. The minimum Gasteiger partial charge on any atom is -0.493 e. The number of ether oxygens (including phenoxy) is 2. The van der Waals surface area contributed by atoms with Crippen LogP contribution in [-0.2, 0) is 11.2 Å². The van der Waals surface area contributed by atoms with Crippen molar-refractivity contribution in [2.45, 2.75) is 18.6 Å². The van der Waals surface area contributed by atoms with Gasteiger partial charge in [-0.25, -0.2) is 0 Å². The summed E-state index contributed by atoms with van der Waals surface area (Å²) in [7, 11) is 3.13. The van der Waals surface area contributed by atoms with Gasteiger partial charge in [0.05, 0.1) is 25.6 Å². The first-order valence-electron chi connectivity index (χ1n) is 8.78. The summed E-state index contributed by atoms with van der Waals surface area (Å²) in [5.74, 6) is 0.612. The molecule has 0 spiro atoms. The normalized spacial score (nSPS) is 19.0. The van der Waals surface area contributed by atoms with E-state index < -0.39 is 18.6 Å². The Kier molecular flexibility index (Phi) is 6.14. The van der Waals surface area contributed by atoms with Crippen molar-refractivity contribution in [3.05, 3.63) is 45.6 Å². The van der Waals surface area contributed by atoms with Crippen molar-refractivity contribution < 1.29 is 32.3 Å². The summed E-state index contributed by atoms with van der Waals surface area (Å²) in [5.41, 5.74) is 2.10. The van der Waals surface area contributed by atoms with Crippen molar-refractivity contribution in [2.24, 2.45) is 0 Å². The standard InChI is InChI=1S/C19H21F3N2O3S/c1-26-14-8-12-5-6-24(10-17(25)23-11-19(20,21)22)18(16-4-3-7-28-16)13(12)9-15(14)27-2/h3-4,7-9,18H,5-6,10-11H2,1-2H3,(H,23,25)/p+1/t18-/m0/s1. The SMILES string of the molecule is COc1cc2c(cc1OC)[C@@H](c1cccs1)[NH+](CC(=O)NCC(F)(F)F)CC2. The summed E-state index contributed by atoms with van der Waals surface area (Å²) in [4.78, 5) is 14.1. The van der Waals surface area contributed by atoms with Crippen molar-refractivity contribution >= 4 is 17.2 Å². The molecule has 1 aliphatic heterocycles. The summed E-state index contributed by atoms with van der Waals surface area (Å²) in [6, 6.07) is 7.60. The van der Waals surface area contributed by atoms with E-state index in [9.17, 15) is 18.0 Å². The zero-order chi connectivity index (χ0) is 20.3. The summed E-state index contributed by atoms with van der Waals surface area (Å²) in [6.07, 6.45) is -3.73. The number of alkyl halides is 3. The predicted molar refractivity (Wildman–Crippen MR) is 99.2 cm³/mol. The molecule has 2 N–H and O–H groups in total. The van der Waals surface area contributed by atoms with Crippen LogP contribution in [0.5, 0.6) is 11.5 Å². The van der Waals surface area contributed by atoms with E-state index in [1.54, 1.807) is 25.6 Å². The van der Waals surface area contributed by atoms with Crippen LogP contribution in [0, 0.1) is 0 Å². The molecule has 28 heavy (non-hydrogen) atoms. The van der Waals surface area contributed by atoms with Gasteiger partial charge in [-0.15, -0.1) is 11.3 Å². The maximum Gasteiger partial charge on any atom is 0.405 e. The number of methoxy groups -OCH3 is 2. The Morgan fingerprint density at radius 3 is 2.61 bits per heavy atom. The zero-order valence-electron chi connectivity index (χ0n) is 15.6. The highest BCUT2D eigenvalue weighted by atomic mass is 32.1. The second-order valence-corrected chi connectivity index (χ2v) is 7.56. The molecular weight excluding hydrogens is 393 g/mol. The number of hydrogen-bond donors (Lipinski definition) is 2. The zero-order valence-corrected chi connectivity index (χ0v) is 16.4. The minimum absolute atomic E-state index is 0.0353. The number of quaternary nitrogens is 1. The highest BCUT2D eigenvalue weighted by Crippen LogP contribution is 2.36. The fourth-order valence-corrected chi connectivity index (χ4v) is 4.45. The molecule has 0 bridgehead atoms. The van der Waals surface area contributed by atoms with Crippen molar-refractivity contribution in [3.8, 4) is 11.5 Å². The van der Waals surface area contributed by atoms with E-state index in [-0.39, 0.29) is 12.6 Å². The molecule has 152 valence electrons. The largest absolute Gasteiger partial charge is 0.493 e. The fourth-order valence-electron chi connectivity index (χ4n) is 3.55. The van der Waals surface area contributed by atoms with Crippen LogP contribution < -0.4 is 19.7 Å². The Morgan fingerprint density at radius 1 is 1.29 bits per heavy atom. The molecule has 0 saturated carbocycles. The lowest BCUT2D eigenvalue weighted by Gasteiger charge is -2.34. The lowest BCUT2D eigenvalue weighted by Crippen LogP contribution is -3.14. The van der Waals surface area contributed by atoms with Crippen LogP contribution in [0.2, 0.25) is 0 Å². The third-order valence-corrected chi connectivity index (χ3v) is 5.72. The molecule has 1 aromatic carbocycles. The monoisotopic (exact) mass is 415 g/mol. The lowest BCUT2D eigenvalue weighted by atomic mass is 9.91. The quantitative estimate of drug-likeness (QED) is 0.759. The third kappa shape index (κ3) is 4.59. The van der Waals surface area contributed by atoms with Crippen LogP contribution in [0.4, 0.5) is 13.2 Å². The summed E-state index contributed by atoms with van der Waals surface area (Å²) < 4.78 is 48.0. The van der Waals surface area contributed by atoms with E-state index >= 15 is 0 Å². The maximum atomic E-state index is 12.4. The van der Waals surface area contributed by atoms with Crippen molar-refractivity contribution in [1.29, 1.82) is 0 Å². The third-order valence-electron chi connectivity index (χ3n) is 4.78. The maximum absolute atomic E-state index is 12.4. The van der Waals surface area contributed by atoms with Crippen LogP contribution >= 0.6 is 11.3 Å². The Hall–Kier alpha value is -2.26. The smallest absolute Gasteiger partial charge is 0.405 e. The van der Waals surface area contributed by atoms with Gasteiger partial charge in [0.1, 0.15) is 12.6 Å². The number of carbonyl (C=O) groups excluding carboxylic acids is 1. The minimum atomic E-state index is -4.42. The molecule has 2 atom stereocenters. The van der Waals surface area contributed by atoms with Gasteiger partial charge < -0.3 is 19.7 Å². The Bertz CT molecular complexity index is 825. The molecule has 0 radical (unpaired) electrons. The van der Waals surface area contributed by atoms with Gasteiger partial charge in [-0.3, -0.25) is 4.79 Å². The van der Waals surface area contributed by atoms with Crippen LogP contribution in [0.15, 0.2) is 29.6 Å². The highest BCUT2D eigenvalue weighted by molar-refractivity contribution is 7.10. The highest BCUT2D eigenvalue weighted by Gasteiger charge is 2.36. The van der Waals surface area contributed by atoms with Crippen LogP contribution in [0.1, 0.15) is 22.0 Å². The Morgan fingerprint density at radius 2 is 2.00 bits per heavy atom. The number of carbonyl (C=O) groups is 1. The van der Waals surface area contributed by atoms with Crippen molar-refractivity contribution in [1.82, 2.24) is 5.32 Å². The van der Waals surface area contributed by atoms with Gasteiger partial charge in [0.15, 0.2) is 18.0 Å². The van der Waals surface area contributed by atoms with E-state index in [1.165, 1.54) is 0 Å². The van der Waals surface area contributed by atoms with Crippen LogP contribution in [0.25, 0.3) is 0 Å².